The van der Waals surface area contributed by atoms with E-state index in [0.29, 0.717) is 78.1 Å². The number of allylic oxidation sites excluding steroid dienone is 4. The minimum Gasteiger partial charge on any atom is -0.493 e. The number of carbonyl (C=O) groups excluding carboxylic acids is 2. The van der Waals surface area contributed by atoms with Gasteiger partial charge >= 0.3 is 0 Å². The van der Waals surface area contributed by atoms with Crippen LogP contribution in [0.2, 0.25) is 5.02 Å². The van der Waals surface area contributed by atoms with E-state index in [1.54, 1.807) is 38.5 Å². The van der Waals surface area contributed by atoms with Crippen molar-refractivity contribution in [3.63, 3.8) is 0 Å². The molecular weight excluding hydrogens is 526 g/mol. The molecule has 0 saturated carbocycles. The van der Waals surface area contributed by atoms with Crippen molar-refractivity contribution < 1.29 is 33.3 Å². The molecule has 5 rings (SSSR count). The first-order chi connectivity index (χ1) is 19.0. The summed E-state index contributed by atoms with van der Waals surface area (Å²) in [4.78, 5) is 33.7. The fourth-order valence-corrected chi connectivity index (χ4v) is 4.55. The fraction of sp³-hybridized carbons (Fsp3) is 0.286. The number of hydrogen-bond acceptors (Lipinski definition) is 10. The highest BCUT2D eigenvalue weighted by atomic mass is 35.5. The van der Waals surface area contributed by atoms with Crippen LogP contribution in [0.1, 0.15) is 12.0 Å². The molecule has 0 bridgehead atoms. The van der Waals surface area contributed by atoms with Crippen LogP contribution in [0.4, 0.5) is 11.5 Å². The zero-order valence-corrected chi connectivity index (χ0v) is 22.1. The molecule has 0 amide bonds. The molecule has 3 aromatic rings. The van der Waals surface area contributed by atoms with E-state index < -0.39 is 0 Å². The molecule has 1 aromatic heterocycles. The van der Waals surface area contributed by atoms with Crippen molar-refractivity contribution in [2.75, 3.05) is 46.0 Å². The van der Waals surface area contributed by atoms with Gasteiger partial charge in [-0.3, -0.25) is 9.59 Å². The van der Waals surface area contributed by atoms with Gasteiger partial charge in [0, 0.05) is 41.8 Å². The summed E-state index contributed by atoms with van der Waals surface area (Å²) in [6, 6.07) is 6.92. The van der Waals surface area contributed by atoms with Crippen molar-refractivity contribution in [2.45, 2.75) is 12.5 Å². The number of halogens is 1. The monoisotopic (exact) mass is 551 g/mol. The van der Waals surface area contributed by atoms with E-state index in [9.17, 15) is 9.59 Å². The SMILES string of the molecule is COCCOc1cc2ncnc(Nc3cc(Cl)c(OC4CCOC4)c(C4=CC(=O)C=CC4=O)c3)c2cc1OC. The zero-order valence-electron chi connectivity index (χ0n) is 21.4. The third-order valence-corrected chi connectivity index (χ3v) is 6.47. The molecule has 1 aliphatic heterocycles. The summed E-state index contributed by atoms with van der Waals surface area (Å²) in [6.07, 6.45) is 5.65. The standard InChI is InChI=1S/C28H26ClN3O7/c1-35-7-8-38-26-13-23-21(12-25(26)36-2)28(31-15-30-23)32-16-9-20(19-11-17(33)3-4-24(19)34)27(22(29)10-16)39-18-5-6-37-14-18/h3-4,9-13,15,18H,5-8,14H2,1-2H3,(H,30,31,32). The quantitative estimate of drug-likeness (QED) is 0.288. The van der Waals surface area contributed by atoms with Crippen LogP contribution in [0.15, 0.2) is 48.8 Å². The van der Waals surface area contributed by atoms with Gasteiger partial charge in [0.05, 0.1) is 37.5 Å². The summed E-state index contributed by atoms with van der Waals surface area (Å²) < 4.78 is 27.9. The highest BCUT2D eigenvalue weighted by Crippen LogP contribution is 2.41. The van der Waals surface area contributed by atoms with Crippen LogP contribution in [0, 0.1) is 0 Å². The van der Waals surface area contributed by atoms with Gasteiger partial charge in [0.15, 0.2) is 23.1 Å². The Bertz CT molecular complexity index is 1480. The molecule has 2 aromatic carbocycles. The molecule has 0 spiro atoms. The van der Waals surface area contributed by atoms with Gasteiger partial charge in [0.25, 0.3) is 0 Å². The first-order valence-corrected chi connectivity index (χ1v) is 12.6. The van der Waals surface area contributed by atoms with Gasteiger partial charge < -0.3 is 29.0 Å². The highest BCUT2D eigenvalue weighted by molar-refractivity contribution is 6.36. The number of carbonyl (C=O) groups is 2. The lowest BCUT2D eigenvalue weighted by atomic mass is 9.95. The maximum Gasteiger partial charge on any atom is 0.186 e. The van der Waals surface area contributed by atoms with Crippen LogP contribution in [0.25, 0.3) is 16.5 Å². The number of fused-ring (bicyclic) bond motifs is 1. The Labute approximate surface area is 229 Å². The van der Waals surface area contributed by atoms with Gasteiger partial charge in [-0.2, -0.15) is 0 Å². The van der Waals surface area contributed by atoms with Crippen LogP contribution >= 0.6 is 11.6 Å². The number of benzene rings is 2. The number of aromatic nitrogens is 2. The second-order valence-corrected chi connectivity index (χ2v) is 9.21. The molecule has 2 heterocycles. The Kier molecular flexibility index (Phi) is 8.06. The van der Waals surface area contributed by atoms with Gasteiger partial charge in [0.1, 0.15) is 30.6 Å². The number of rotatable bonds is 10. The summed E-state index contributed by atoms with van der Waals surface area (Å²) in [5, 5.41) is 4.20. The van der Waals surface area contributed by atoms with Crippen LogP contribution in [-0.2, 0) is 19.1 Å². The molecule has 1 unspecified atom stereocenters. The van der Waals surface area contributed by atoms with E-state index in [1.165, 1.54) is 24.6 Å². The summed E-state index contributed by atoms with van der Waals surface area (Å²) >= 11 is 6.70. The predicted molar refractivity (Wildman–Crippen MR) is 145 cm³/mol. The summed E-state index contributed by atoms with van der Waals surface area (Å²) in [7, 11) is 3.15. The Morgan fingerprint density at radius 2 is 1.95 bits per heavy atom. The van der Waals surface area contributed by atoms with Gasteiger partial charge in [-0.15, -0.1) is 0 Å². The Hall–Kier alpha value is -3.99. The molecule has 11 heteroatoms. The van der Waals surface area contributed by atoms with E-state index in [-0.39, 0.29) is 28.3 Å². The van der Waals surface area contributed by atoms with Crippen molar-refractivity contribution in [1.29, 1.82) is 0 Å². The number of methoxy groups -OCH3 is 2. The van der Waals surface area contributed by atoms with Gasteiger partial charge in [0.2, 0.25) is 0 Å². The number of ether oxygens (including phenoxy) is 5. The maximum atomic E-state index is 12.8. The Morgan fingerprint density at radius 3 is 2.72 bits per heavy atom. The smallest absolute Gasteiger partial charge is 0.186 e. The zero-order chi connectivity index (χ0) is 27.4. The lowest BCUT2D eigenvalue weighted by Gasteiger charge is -2.20. The second kappa shape index (κ2) is 11.8. The average Bonchev–Trinajstić information content (AvgIpc) is 3.45. The minimum atomic E-state index is -0.325. The third-order valence-electron chi connectivity index (χ3n) is 6.19. The normalized spacial score (nSPS) is 16.9. The van der Waals surface area contributed by atoms with Crippen molar-refractivity contribution >= 4 is 51.1 Å². The van der Waals surface area contributed by atoms with Gasteiger partial charge in [-0.25, -0.2) is 9.97 Å². The summed E-state index contributed by atoms with van der Waals surface area (Å²) in [5.74, 6) is 1.19. The van der Waals surface area contributed by atoms with Gasteiger partial charge in [-0.1, -0.05) is 11.6 Å². The molecule has 39 heavy (non-hydrogen) atoms. The molecule has 1 fully saturated rings. The second-order valence-electron chi connectivity index (χ2n) is 8.80. The lowest BCUT2D eigenvalue weighted by molar-refractivity contribution is -0.113. The molecule has 1 saturated heterocycles. The average molecular weight is 552 g/mol. The first kappa shape index (κ1) is 26.6. The van der Waals surface area contributed by atoms with Crippen molar-refractivity contribution in [3.05, 3.63) is 59.4 Å². The molecule has 2 aliphatic rings. The maximum absolute atomic E-state index is 12.8. The van der Waals surface area contributed by atoms with E-state index in [1.807, 2.05) is 0 Å². The van der Waals surface area contributed by atoms with Crippen molar-refractivity contribution in [2.24, 2.45) is 0 Å². The van der Waals surface area contributed by atoms with Crippen molar-refractivity contribution in [1.82, 2.24) is 9.97 Å². The minimum absolute atomic E-state index is 0.189. The lowest BCUT2D eigenvalue weighted by Crippen LogP contribution is -2.18. The highest BCUT2D eigenvalue weighted by Gasteiger charge is 2.26. The van der Waals surface area contributed by atoms with Gasteiger partial charge in [-0.05, 0) is 36.4 Å². The molecule has 0 radical (unpaired) electrons. The first-order valence-electron chi connectivity index (χ1n) is 12.2. The summed E-state index contributed by atoms with van der Waals surface area (Å²) in [6.45, 7) is 1.76. The van der Waals surface area contributed by atoms with Crippen LogP contribution in [0.3, 0.4) is 0 Å². The molecule has 202 valence electrons. The van der Waals surface area contributed by atoms with Crippen LogP contribution in [-0.4, -0.2) is 68.3 Å². The Balaban J connectivity index is 1.54. The number of nitrogens with zero attached hydrogens (tertiary/aromatic N) is 2. The molecular formula is C28H26ClN3O7. The van der Waals surface area contributed by atoms with E-state index in [0.717, 1.165) is 0 Å². The number of ketones is 2. The predicted octanol–water partition coefficient (Wildman–Crippen LogP) is 4.32. The molecule has 10 nitrogen and oxygen atoms in total. The number of nitrogens with one attached hydrogen (secondary N) is 1. The molecule has 1 atom stereocenters. The van der Waals surface area contributed by atoms with E-state index in [2.05, 4.69) is 15.3 Å². The largest absolute Gasteiger partial charge is 0.493 e. The molecule has 1 aliphatic carbocycles. The summed E-state index contributed by atoms with van der Waals surface area (Å²) in [5.41, 5.74) is 1.73. The van der Waals surface area contributed by atoms with Crippen LogP contribution in [0.5, 0.6) is 17.2 Å². The number of anilines is 2. The van der Waals surface area contributed by atoms with E-state index in [4.69, 9.17) is 35.3 Å². The Morgan fingerprint density at radius 1 is 1.08 bits per heavy atom. The van der Waals surface area contributed by atoms with E-state index >= 15 is 0 Å². The molecule has 1 N–H and O–H groups in total. The third kappa shape index (κ3) is 5.88. The van der Waals surface area contributed by atoms with Crippen molar-refractivity contribution in [3.8, 4) is 17.2 Å². The van der Waals surface area contributed by atoms with Crippen LogP contribution < -0.4 is 19.5 Å². The number of hydrogen-bond donors (Lipinski definition) is 1. The topological polar surface area (TPSA) is 118 Å². The fourth-order valence-electron chi connectivity index (χ4n) is 4.29.